The number of aromatic nitrogens is 1. The number of anilines is 1. The molecule has 3 aromatic carbocycles. The van der Waals surface area contributed by atoms with Gasteiger partial charge in [0, 0.05) is 51.5 Å². The highest BCUT2D eigenvalue weighted by Crippen LogP contribution is 2.42. The lowest BCUT2D eigenvalue weighted by molar-refractivity contribution is -0.120. The number of benzene rings is 3. The van der Waals surface area contributed by atoms with Crippen LogP contribution < -0.4 is 14.4 Å². The van der Waals surface area contributed by atoms with Crippen molar-refractivity contribution < 1.29 is 23.5 Å². The zero-order valence-electron chi connectivity index (χ0n) is 21.1. The summed E-state index contributed by atoms with van der Waals surface area (Å²) in [6.45, 7) is 2.30. The second-order valence-corrected chi connectivity index (χ2v) is 10.2. The monoisotopic (exact) mass is 536 g/mol. The van der Waals surface area contributed by atoms with Crippen LogP contribution in [0.5, 0.6) is 11.5 Å². The van der Waals surface area contributed by atoms with E-state index in [0.717, 1.165) is 39.1 Å². The Balaban J connectivity index is 1.38. The number of amides is 1. The molecule has 192 valence electrons. The fourth-order valence-electron chi connectivity index (χ4n) is 5.17. The van der Waals surface area contributed by atoms with E-state index in [-0.39, 0.29) is 24.1 Å². The van der Waals surface area contributed by atoms with E-state index in [1.807, 2.05) is 43.3 Å². The highest BCUT2D eigenvalue weighted by Gasteiger charge is 2.28. The lowest BCUT2D eigenvalue weighted by Gasteiger charge is -2.26. The number of carbonyl (C=O) groups excluding carboxylic acids is 2. The lowest BCUT2D eigenvalue weighted by atomic mass is 9.95. The Morgan fingerprint density at radius 3 is 2.67 bits per heavy atom. The van der Waals surface area contributed by atoms with Crippen LogP contribution in [0.4, 0.5) is 5.69 Å². The smallest absolute Gasteiger partial charge is 0.264 e. The summed E-state index contributed by atoms with van der Waals surface area (Å²) < 4.78 is 17.7. The number of likely N-dealkylation sites (N-methyl/N-ethyl adjacent to an activating group) is 1. The molecule has 0 saturated carbocycles. The van der Waals surface area contributed by atoms with Crippen LogP contribution in [0.2, 0.25) is 5.02 Å². The van der Waals surface area contributed by atoms with Crippen LogP contribution in [-0.4, -0.2) is 30.3 Å². The van der Waals surface area contributed by atoms with Crippen LogP contribution in [-0.2, 0) is 11.4 Å². The Morgan fingerprint density at radius 2 is 1.79 bits per heavy atom. The number of aryl methyl sites for hydroxylation is 1. The van der Waals surface area contributed by atoms with Gasteiger partial charge in [-0.15, -0.1) is 0 Å². The Bertz CT molecular complexity index is 1860. The van der Waals surface area contributed by atoms with Crippen molar-refractivity contribution in [3.05, 3.63) is 94.3 Å². The Labute approximate surface area is 228 Å². The van der Waals surface area contributed by atoms with Crippen molar-refractivity contribution in [1.82, 2.24) is 4.98 Å². The van der Waals surface area contributed by atoms with E-state index in [2.05, 4.69) is 0 Å². The number of hydrogen-bond acceptors (Lipinski definition) is 6. The van der Waals surface area contributed by atoms with Crippen molar-refractivity contribution >= 4 is 39.9 Å². The van der Waals surface area contributed by atoms with Crippen molar-refractivity contribution in [3.8, 4) is 33.9 Å². The van der Waals surface area contributed by atoms with E-state index < -0.39 is 0 Å². The second-order valence-electron chi connectivity index (χ2n) is 9.72. The third kappa shape index (κ3) is 3.77. The van der Waals surface area contributed by atoms with Crippen LogP contribution >= 0.6 is 11.6 Å². The number of pyridine rings is 1. The van der Waals surface area contributed by atoms with E-state index in [1.54, 1.807) is 37.5 Å². The van der Waals surface area contributed by atoms with E-state index >= 15 is 0 Å². The SMILES string of the molecule is Cc1ccc2oc(C(=O)c3ccc4c(c3)N(C)C(=O)CO4)c(-c3cnc4c(c3)COc3ccc(Cl)cc3-4)c2c1. The normalized spacial score (nSPS) is 13.8. The van der Waals surface area contributed by atoms with Crippen molar-refractivity contribution in [3.63, 3.8) is 0 Å². The van der Waals surface area contributed by atoms with Gasteiger partial charge >= 0.3 is 0 Å². The van der Waals surface area contributed by atoms with Crippen molar-refractivity contribution in [2.75, 3.05) is 18.6 Å². The number of ether oxygens (including phenoxy) is 2. The molecular weight excluding hydrogens is 516 g/mol. The summed E-state index contributed by atoms with van der Waals surface area (Å²) in [6, 6.07) is 18.3. The molecule has 1 amide bonds. The minimum Gasteiger partial charge on any atom is -0.488 e. The van der Waals surface area contributed by atoms with Crippen molar-refractivity contribution in [2.24, 2.45) is 0 Å². The largest absolute Gasteiger partial charge is 0.488 e. The molecule has 0 bridgehead atoms. The average molecular weight is 537 g/mol. The Kier molecular flexibility index (Phi) is 5.25. The highest BCUT2D eigenvalue weighted by molar-refractivity contribution is 6.31. The summed E-state index contributed by atoms with van der Waals surface area (Å²) in [4.78, 5) is 32.4. The predicted octanol–water partition coefficient (Wildman–Crippen LogP) is 6.60. The minimum absolute atomic E-state index is 0.0322. The molecule has 2 aliphatic rings. The number of fused-ring (bicyclic) bond motifs is 5. The van der Waals surface area contributed by atoms with Gasteiger partial charge in [0.2, 0.25) is 5.78 Å². The number of nitrogens with zero attached hydrogens (tertiary/aromatic N) is 2. The number of rotatable bonds is 3. The third-order valence-electron chi connectivity index (χ3n) is 7.19. The first-order valence-electron chi connectivity index (χ1n) is 12.4. The molecule has 7 rings (SSSR count). The van der Waals surface area contributed by atoms with Gasteiger partial charge in [0.1, 0.15) is 23.7 Å². The van der Waals surface area contributed by atoms with E-state index in [4.69, 9.17) is 30.5 Å². The van der Waals surface area contributed by atoms with Crippen LogP contribution in [0.25, 0.3) is 33.4 Å². The first-order valence-corrected chi connectivity index (χ1v) is 12.8. The minimum atomic E-state index is -0.306. The molecule has 0 saturated heterocycles. The zero-order chi connectivity index (χ0) is 26.8. The van der Waals surface area contributed by atoms with Gasteiger partial charge in [0.15, 0.2) is 12.4 Å². The standard InChI is InChI=1S/C31H21ClN2O5/c1-16-3-6-25-21(9-16)28(18-10-19-14-37-24-8-5-20(32)12-22(24)29(19)33-13-18)31(39-25)30(36)17-4-7-26-23(11-17)34(2)27(35)15-38-26/h3-13H,14-15H2,1-2H3. The van der Waals surface area contributed by atoms with Gasteiger partial charge in [-0.25, -0.2) is 0 Å². The third-order valence-corrected chi connectivity index (χ3v) is 7.43. The Hall–Kier alpha value is -4.62. The van der Waals surface area contributed by atoms with Gasteiger partial charge in [-0.05, 0) is 61.5 Å². The van der Waals surface area contributed by atoms with Crippen molar-refractivity contribution in [1.29, 1.82) is 0 Å². The molecule has 0 aliphatic carbocycles. The molecule has 0 fully saturated rings. The molecule has 0 radical (unpaired) electrons. The number of carbonyl (C=O) groups is 2. The topological polar surface area (TPSA) is 81.9 Å². The molecule has 2 aromatic heterocycles. The Morgan fingerprint density at radius 1 is 0.974 bits per heavy atom. The van der Waals surface area contributed by atoms with E-state index in [9.17, 15) is 9.59 Å². The first-order chi connectivity index (χ1) is 18.9. The molecule has 0 N–H and O–H groups in total. The fraction of sp³-hybridized carbons (Fsp3) is 0.129. The molecule has 0 unspecified atom stereocenters. The highest BCUT2D eigenvalue weighted by atomic mass is 35.5. The van der Waals surface area contributed by atoms with E-state index in [1.165, 1.54) is 4.90 Å². The van der Waals surface area contributed by atoms with Gasteiger partial charge in [0.25, 0.3) is 5.91 Å². The summed E-state index contributed by atoms with van der Waals surface area (Å²) in [5.41, 5.74) is 6.45. The van der Waals surface area contributed by atoms with Gasteiger partial charge < -0.3 is 18.8 Å². The summed E-state index contributed by atoms with van der Waals surface area (Å²) in [7, 11) is 1.67. The summed E-state index contributed by atoms with van der Waals surface area (Å²) >= 11 is 6.25. The maximum absolute atomic E-state index is 14.0. The molecule has 0 spiro atoms. The van der Waals surface area contributed by atoms with Crippen molar-refractivity contribution in [2.45, 2.75) is 13.5 Å². The number of furan rings is 1. The van der Waals surface area contributed by atoms with E-state index in [0.29, 0.717) is 39.8 Å². The summed E-state index contributed by atoms with van der Waals surface area (Å²) in [5.74, 6) is 0.986. The molecule has 5 aromatic rings. The van der Waals surface area contributed by atoms with Crippen LogP contribution in [0.15, 0.2) is 71.3 Å². The van der Waals surface area contributed by atoms with Crippen LogP contribution in [0.1, 0.15) is 27.2 Å². The summed E-state index contributed by atoms with van der Waals surface area (Å²) in [6.07, 6.45) is 1.76. The van der Waals surface area contributed by atoms with Gasteiger partial charge in [0.05, 0.1) is 11.4 Å². The lowest BCUT2D eigenvalue weighted by Crippen LogP contribution is -2.35. The molecule has 4 heterocycles. The van der Waals surface area contributed by atoms with Gasteiger partial charge in [-0.2, -0.15) is 0 Å². The molecular formula is C31H21ClN2O5. The zero-order valence-corrected chi connectivity index (χ0v) is 21.8. The number of halogens is 1. The first kappa shape index (κ1) is 23.5. The van der Waals surface area contributed by atoms with Crippen LogP contribution in [0.3, 0.4) is 0 Å². The van der Waals surface area contributed by atoms with Gasteiger partial charge in [-0.1, -0.05) is 23.2 Å². The quantitative estimate of drug-likeness (QED) is 0.242. The number of ketones is 1. The average Bonchev–Trinajstić information content (AvgIpc) is 3.32. The molecule has 8 heteroatoms. The maximum atomic E-state index is 14.0. The van der Waals surface area contributed by atoms with Crippen LogP contribution in [0, 0.1) is 6.92 Å². The fourth-order valence-corrected chi connectivity index (χ4v) is 5.34. The van der Waals surface area contributed by atoms with Gasteiger partial charge in [-0.3, -0.25) is 14.6 Å². The number of hydrogen-bond donors (Lipinski definition) is 0. The molecule has 7 nitrogen and oxygen atoms in total. The molecule has 0 atom stereocenters. The maximum Gasteiger partial charge on any atom is 0.264 e. The summed E-state index contributed by atoms with van der Waals surface area (Å²) in [5, 5.41) is 1.41. The molecule has 2 aliphatic heterocycles. The predicted molar refractivity (Wildman–Crippen MR) is 148 cm³/mol. The second kappa shape index (κ2) is 8.71. The molecule has 39 heavy (non-hydrogen) atoms.